The van der Waals surface area contributed by atoms with Crippen molar-refractivity contribution in [3.63, 3.8) is 0 Å². The van der Waals surface area contributed by atoms with Crippen LogP contribution in [0.25, 0.3) is 0 Å². The van der Waals surface area contributed by atoms with Gasteiger partial charge in [0.2, 0.25) is 0 Å². The summed E-state index contributed by atoms with van der Waals surface area (Å²) in [5.74, 6) is 0.606. The van der Waals surface area contributed by atoms with Crippen molar-refractivity contribution in [2.75, 3.05) is 13.7 Å². The molecule has 25 heavy (non-hydrogen) atoms. The summed E-state index contributed by atoms with van der Waals surface area (Å²) in [7, 11) is 0.305. The smallest absolute Gasteiger partial charge is 0.337 e. The van der Waals surface area contributed by atoms with Gasteiger partial charge in [0.25, 0.3) is 0 Å². The molecule has 1 aromatic heterocycles. The summed E-state index contributed by atoms with van der Waals surface area (Å²) in [6.45, 7) is 10.3. The normalized spacial score (nSPS) is 11.6. The fraction of sp³-hybridized carbons (Fsp3) is 0.444. The minimum atomic E-state index is -1.08. The maximum Gasteiger partial charge on any atom is 0.337 e. The lowest BCUT2D eigenvalue weighted by Gasteiger charge is -2.16. The summed E-state index contributed by atoms with van der Waals surface area (Å²) in [5.41, 5.74) is 0.547. The highest BCUT2D eigenvalue weighted by atomic mass is 32.2. The van der Waals surface area contributed by atoms with Crippen molar-refractivity contribution in [3.05, 3.63) is 41.9 Å². The zero-order chi connectivity index (χ0) is 18.4. The number of rotatable bonds is 8. The van der Waals surface area contributed by atoms with Crippen molar-refractivity contribution in [1.82, 2.24) is 9.55 Å². The minimum Gasteiger partial charge on any atom is -0.465 e. The van der Waals surface area contributed by atoms with Crippen LogP contribution in [0, 0.1) is 6.92 Å². The number of benzene rings is 1. The Hall–Kier alpha value is -1.57. The lowest BCUT2D eigenvalue weighted by molar-refractivity contribution is 0.0600. The van der Waals surface area contributed by atoms with Gasteiger partial charge in [0.15, 0.2) is 0 Å². The molecular formula is C18H26N2O3SSi. The van der Waals surface area contributed by atoms with Crippen LogP contribution in [0.2, 0.25) is 25.7 Å². The van der Waals surface area contributed by atoms with Crippen LogP contribution in [0.3, 0.4) is 0 Å². The Morgan fingerprint density at radius 1 is 1.24 bits per heavy atom. The van der Waals surface area contributed by atoms with Crippen LogP contribution < -0.4 is 0 Å². The lowest BCUT2D eigenvalue weighted by atomic mass is 10.2. The van der Waals surface area contributed by atoms with Gasteiger partial charge in [-0.05, 0) is 37.2 Å². The molecular weight excluding hydrogens is 352 g/mol. The minimum absolute atomic E-state index is 0.326. The summed E-state index contributed by atoms with van der Waals surface area (Å²) < 4.78 is 12.7. The fourth-order valence-corrected chi connectivity index (χ4v) is 3.79. The Balaban J connectivity index is 1.99. The lowest BCUT2D eigenvalue weighted by Crippen LogP contribution is -2.22. The summed E-state index contributed by atoms with van der Waals surface area (Å²) in [5, 5.41) is 1.02. The van der Waals surface area contributed by atoms with Gasteiger partial charge in [0.1, 0.15) is 17.6 Å². The maximum absolute atomic E-state index is 11.5. The molecule has 2 rings (SSSR count). The van der Waals surface area contributed by atoms with Crippen LogP contribution in [0.4, 0.5) is 0 Å². The van der Waals surface area contributed by atoms with Crippen molar-refractivity contribution < 1.29 is 14.3 Å². The first-order valence-corrected chi connectivity index (χ1v) is 12.8. The van der Waals surface area contributed by atoms with Gasteiger partial charge in [-0.2, -0.15) is 0 Å². The number of carbonyl (C=O) groups excluding carboxylic acids is 1. The van der Waals surface area contributed by atoms with Crippen LogP contribution in [0.5, 0.6) is 0 Å². The zero-order valence-electron chi connectivity index (χ0n) is 15.5. The molecule has 0 N–H and O–H groups in total. The Labute approximate surface area is 154 Å². The van der Waals surface area contributed by atoms with E-state index in [2.05, 4.69) is 29.2 Å². The van der Waals surface area contributed by atoms with Gasteiger partial charge in [-0.1, -0.05) is 31.4 Å². The van der Waals surface area contributed by atoms with Crippen LogP contribution >= 0.6 is 11.8 Å². The van der Waals surface area contributed by atoms with E-state index in [0.29, 0.717) is 12.3 Å². The molecule has 0 saturated carbocycles. The molecule has 1 heterocycles. The maximum atomic E-state index is 11.5. The van der Waals surface area contributed by atoms with Crippen LogP contribution in [-0.4, -0.2) is 37.3 Å². The number of methoxy groups -OCH3 is 1. The summed E-state index contributed by atoms with van der Waals surface area (Å²) in [6.07, 6.45) is 1.86. The number of imidazole rings is 1. The summed E-state index contributed by atoms with van der Waals surface area (Å²) in [6, 6.07) is 8.52. The van der Waals surface area contributed by atoms with Crippen molar-refractivity contribution >= 4 is 25.8 Å². The number of carbonyl (C=O) groups is 1. The highest BCUT2D eigenvalue weighted by Gasteiger charge is 2.13. The first-order valence-electron chi connectivity index (χ1n) is 8.26. The Kier molecular flexibility index (Phi) is 6.86. The third kappa shape index (κ3) is 6.02. The second-order valence-corrected chi connectivity index (χ2v) is 13.8. The second-order valence-electron chi connectivity index (χ2n) is 7.04. The molecule has 0 unspecified atom stereocenters. The molecule has 0 saturated heterocycles. The second kappa shape index (κ2) is 8.69. The SMILES string of the molecule is COC(=O)c1ccc(Sc2cnc(C)n2COCC[Si](C)(C)C)cc1. The number of aromatic nitrogens is 2. The Morgan fingerprint density at radius 3 is 2.52 bits per heavy atom. The van der Waals surface area contributed by atoms with E-state index in [9.17, 15) is 4.79 Å². The molecule has 2 aromatic rings. The number of esters is 1. The highest BCUT2D eigenvalue weighted by molar-refractivity contribution is 7.99. The van der Waals surface area contributed by atoms with Crippen LogP contribution in [-0.2, 0) is 16.2 Å². The van der Waals surface area contributed by atoms with Gasteiger partial charge in [-0.15, -0.1) is 0 Å². The molecule has 136 valence electrons. The van der Waals surface area contributed by atoms with Gasteiger partial charge in [-0.3, -0.25) is 4.57 Å². The van der Waals surface area contributed by atoms with Gasteiger partial charge in [-0.25, -0.2) is 9.78 Å². The van der Waals surface area contributed by atoms with E-state index in [0.717, 1.165) is 28.4 Å². The van der Waals surface area contributed by atoms with E-state index >= 15 is 0 Å². The average Bonchev–Trinajstić information content (AvgIpc) is 2.91. The topological polar surface area (TPSA) is 53.3 Å². The summed E-state index contributed by atoms with van der Waals surface area (Å²) in [4.78, 5) is 16.9. The average molecular weight is 379 g/mol. The van der Waals surface area contributed by atoms with E-state index < -0.39 is 8.07 Å². The van der Waals surface area contributed by atoms with Crippen LogP contribution in [0.1, 0.15) is 16.2 Å². The Morgan fingerprint density at radius 2 is 1.92 bits per heavy atom. The van der Waals surface area contributed by atoms with E-state index in [4.69, 9.17) is 9.47 Å². The standard InChI is InChI=1S/C18H26N2O3SSi/c1-14-19-12-17(20(14)13-23-10-11-25(3,4)5)24-16-8-6-15(7-9-16)18(21)22-2/h6-9,12H,10-11,13H2,1-5H3. The molecule has 0 radical (unpaired) electrons. The molecule has 0 aliphatic carbocycles. The van der Waals surface area contributed by atoms with Crippen molar-refractivity contribution in [1.29, 1.82) is 0 Å². The molecule has 0 atom stereocenters. The molecule has 0 amide bonds. The molecule has 0 bridgehead atoms. The van der Waals surface area contributed by atoms with Crippen LogP contribution in [0.15, 0.2) is 40.4 Å². The molecule has 0 fully saturated rings. The summed E-state index contributed by atoms with van der Waals surface area (Å²) >= 11 is 1.60. The number of nitrogens with zero attached hydrogens (tertiary/aromatic N) is 2. The third-order valence-electron chi connectivity index (χ3n) is 3.73. The van der Waals surface area contributed by atoms with Crippen molar-refractivity contribution in [3.8, 4) is 0 Å². The largest absolute Gasteiger partial charge is 0.465 e. The predicted octanol–water partition coefficient (Wildman–Crippen LogP) is 4.44. The highest BCUT2D eigenvalue weighted by Crippen LogP contribution is 2.28. The monoisotopic (exact) mass is 378 g/mol. The van der Waals surface area contributed by atoms with E-state index in [-0.39, 0.29) is 5.97 Å². The third-order valence-corrected chi connectivity index (χ3v) is 6.48. The van der Waals surface area contributed by atoms with E-state index in [1.54, 1.807) is 23.9 Å². The van der Waals surface area contributed by atoms with Gasteiger partial charge < -0.3 is 9.47 Å². The zero-order valence-corrected chi connectivity index (χ0v) is 17.4. The Bertz CT molecular complexity index is 708. The van der Waals surface area contributed by atoms with Gasteiger partial charge >= 0.3 is 5.97 Å². The molecule has 1 aromatic carbocycles. The van der Waals surface area contributed by atoms with Crippen molar-refractivity contribution in [2.24, 2.45) is 0 Å². The molecule has 0 aliphatic rings. The van der Waals surface area contributed by atoms with E-state index in [1.807, 2.05) is 25.3 Å². The molecule has 0 spiro atoms. The fourth-order valence-electron chi connectivity index (χ4n) is 2.12. The number of ether oxygens (including phenoxy) is 2. The number of aryl methyl sites for hydroxylation is 1. The number of hydrogen-bond acceptors (Lipinski definition) is 5. The quantitative estimate of drug-likeness (QED) is 0.386. The predicted molar refractivity (Wildman–Crippen MR) is 103 cm³/mol. The molecule has 0 aliphatic heterocycles. The first kappa shape index (κ1) is 19.7. The number of hydrogen-bond donors (Lipinski definition) is 0. The van der Waals surface area contributed by atoms with Gasteiger partial charge in [0, 0.05) is 19.6 Å². The van der Waals surface area contributed by atoms with Gasteiger partial charge in [0.05, 0.1) is 18.9 Å². The van der Waals surface area contributed by atoms with Crippen molar-refractivity contribution in [2.45, 2.75) is 49.3 Å². The molecule has 5 nitrogen and oxygen atoms in total. The van der Waals surface area contributed by atoms with E-state index in [1.165, 1.54) is 7.11 Å². The molecule has 7 heteroatoms. The first-order chi connectivity index (χ1) is 11.8.